The number of ether oxygens (including phenoxy) is 1. The Morgan fingerprint density at radius 1 is 1.15 bits per heavy atom. The zero-order valence-electron chi connectivity index (χ0n) is 14.8. The maximum absolute atomic E-state index is 13.4. The second-order valence-electron chi connectivity index (χ2n) is 6.04. The maximum atomic E-state index is 13.4. The van der Waals surface area contributed by atoms with Crippen molar-refractivity contribution in [2.24, 2.45) is 0 Å². The molecule has 0 spiro atoms. The zero-order valence-corrected chi connectivity index (χ0v) is 14.8. The molecular weight excluding hydrogens is 352 g/mol. The Hall–Kier alpha value is -3.22. The molecule has 1 aromatic heterocycles. The molecule has 1 amide bonds. The van der Waals surface area contributed by atoms with E-state index in [1.54, 1.807) is 37.3 Å². The van der Waals surface area contributed by atoms with Gasteiger partial charge in [-0.15, -0.1) is 0 Å². The van der Waals surface area contributed by atoms with Crippen LogP contribution in [-0.4, -0.2) is 29.3 Å². The molecule has 0 aliphatic heterocycles. The molecule has 2 N–H and O–H groups in total. The summed E-state index contributed by atoms with van der Waals surface area (Å²) in [6.07, 6.45) is 0.598. The van der Waals surface area contributed by atoms with Gasteiger partial charge in [-0.25, -0.2) is 8.78 Å². The van der Waals surface area contributed by atoms with Crippen molar-refractivity contribution in [3.63, 3.8) is 0 Å². The normalized spacial score (nSPS) is 10.6. The van der Waals surface area contributed by atoms with Crippen molar-refractivity contribution in [2.75, 3.05) is 13.2 Å². The van der Waals surface area contributed by atoms with E-state index in [1.807, 2.05) is 0 Å². The lowest BCUT2D eigenvalue weighted by atomic mass is 10.1. The largest absolute Gasteiger partial charge is 0.494 e. The monoisotopic (exact) mass is 371 g/mol. The molecule has 0 unspecified atom stereocenters. The molecule has 3 aromatic rings. The Morgan fingerprint density at radius 3 is 2.67 bits per heavy atom. The molecule has 5 nitrogen and oxygen atoms in total. The number of carbonyl (C=O) groups is 1. The van der Waals surface area contributed by atoms with Gasteiger partial charge in [-0.3, -0.25) is 9.89 Å². The van der Waals surface area contributed by atoms with Gasteiger partial charge in [-0.1, -0.05) is 0 Å². The van der Waals surface area contributed by atoms with Gasteiger partial charge in [0.2, 0.25) is 0 Å². The number of halogens is 2. The van der Waals surface area contributed by atoms with Crippen LogP contribution >= 0.6 is 0 Å². The Morgan fingerprint density at radius 2 is 1.93 bits per heavy atom. The molecule has 7 heteroatoms. The molecule has 0 saturated heterocycles. The van der Waals surface area contributed by atoms with Crippen molar-refractivity contribution in [3.8, 4) is 17.0 Å². The SMILES string of the molecule is Cc1cc(-c2cc(C(=O)NCCCOc3ccc(F)cc3)[nH]n2)ccc1F. The van der Waals surface area contributed by atoms with Crippen molar-refractivity contribution in [1.82, 2.24) is 15.5 Å². The minimum absolute atomic E-state index is 0.282. The van der Waals surface area contributed by atoms with Crippen LogP contribution in [-0.2, 0) is 0 Å². The summed E-state index contributed by atoms with van der Waals surface area (Å²) in [7, 11) is 0. The van der Waals surface area contributed by atoms with E-state index in [4.69, 9.17) is 4.74 Å². The van der Waals surface area contributed by atoms with Gasteiger partial charge >= 0.3 is 0 Å². The van der Waals surface area contributed by atoms with Crippen LogP contribution in [0.3, 0.4) is 0 Å². The van der Waals surface area contributed by atoms with Gasteiger partial charge in [-0.05, 0) is 67.4 Å². The molecule has 0 saturated carbocycles. The van der Waals surface area contributed by atoms with Crippen LogP contribution in [0, 0.1) is 18.6 Å². The molecule has 27 heavy (non-hydrogen) atoms. The van der Waals surface area contributed by atoms with Crippen LogP contribution in [0.25, 0.3) is 11.3 Å². The molecule has 0 aliphatic rings. The van der Waals surface area contributed by atoms with Crippen molar-refractivity contribution >= 4 is 5.91 Å². The smallest absolute Gasteiger partial charge is 0.269 e. The second-order valence-corrected chi connectivity index (χ2v) is 6.04. The number of hydrogen-bond acceptors (Lipinski definition) is 3. The third kappa shape index (κ3) is 4.91. The third-order valence-corrected chi connectivity index (χ3v) is 3.97. The van der Waals surface area contributed by atoms with E-state index in [0.717, 1.165) is 5.56 Å². The van der Waals surface area contributed by atoms with Gasteiger partial charge in [0, 0.05) is 12.1 Å². The first kappa shape index (κ1) is 18.6. The van der Waals surface area contributed by atoms with Crippen molar-refractivity contribution in [2.45, 2.75) is 13.3 Å². The number of rotatable bonds is 7. The predicted octanol–water partition coefficient (Wildman–Crippen LogP) is 3.86. The van der Waals surface area contributed by atoms with Gasteiger partial charge in [0.1, 0.15) is 23.1 Å². The molecule has 140 valence electrons. The van der Waals surface area contributed by atoms with Crippen LogP contribution in [0.4, 0.5) is 8.78 Å². The number of hydrogen-bond donors (Lipinski definition) is 2. The fourth-order valence-electron chi connectivity index (χ4n) is 2.48. The molecule has 3 rings (SSSR count). The molecule has 0 radical (unpaired) electrons. The van der Waals surface area contributed by atoms with E-state index in [2.05, 4.69) is 15.5 Å². The third-order valence-electron chi connectivity index (χ3n) is 3.97. The van der Waals surface area contributed by atoms with Crippen LogP contribution in [0.1, 0.15) is 22.5 Å². The summed E-state index contributed by atoms with van der Waals surface area (Å²) in [6, 6.07) is 12.1. The highest BCUT2D eigenvalue weighted by Gasteiger charge is 2.11. The first-order valence-corrected chi connectivity index (χ1v) is 8.51. The molecule has 0 aliphatic carbocycles. The maximum Gasteiger partial charge on any atom is 0.269 e. The van der Waals surface area contributed by atoms with Gasteiger partial charge in [0.25, 0.3) is 5.91 Å². The summed E-state index contributed by atoms with van der Waals surface area (Å²) in [5, 5.41) is 9.56. The summed E-state index contributed by atoms with van der Waals surface area (Å²) in [4.78, 5) is 12.2. The van der Waals surface area contributed by atoms with E-state index in [1.165, 1.54) is 18.2 Å². The number of nitrogens with one attached hydrogen (secondary N) is 2. The standard InChI is InChI=1S/C20H19F2N3O2/c1-13-11-14(3-8-17(13)22)18-12-19(25-24-18)20(26)23-9-2-10-27-16-6-4-15(21)5-7-16/h3-8,11-12H,2,9-10H2,1H3,(H,23,26)(H,24,25). The van der Waals surface area contributed by atoms with Gasteiger partial charge in [0.15, 0.2) is 0 Å². The van der Waals surface area contributed by atoms with E-state index < -0.39 is 0 Å². The van der Waals surface area contributed by atoms with Crippen LogP contribution in [0.2, 0.25) is 0 Å². The lowest BCUT2D eigenvalue weighted by Gasteiger charge is -2.06. The zero-order chi connectivity index (χ0) is 19.2. The highest BCUT2D eigenvalue weighted by atomic mass is 19.1. The Labute approximate surface area is 155 Å². The highest BCUT2D eigenvalue weighted by molar-refractivity contribution is 5.93. The number of aromatic amines is 1. The number of aryl methyl sites for hydroxylation is 1. The number of carbonyl (C=O) groups excluding carboxylic acids is 1. The second kappa shape index (κ2) is 8.44. The average Bonchev–Trinajstić information content (AvgIpc) is 3.15. The molecule has 1 heterocycles. The van der Waals surface area contributed by atoms with E-state index in [-0.39, 0.29) is 17.5 Å². The van der Waals surface area contributed by atoms with Gasteiger partial charge in [-0.2, -0.15) is 5.10 Å². The minimum Gasteiger partial charge on any atom is -0.494 e. The Kier molecular flexibility index (Phi) is 5.80. The fraction of sp³-hybridized carbons (Fsp3) is 0.200. The van der Waals surface area contributed by atoms with E-state index in [9.17, 15) is 13.6 Å². The molecule has 0 bridgehead atoms. The number of nitrogens with zero attached hydrogens (tertiary/aromatic N) is 1. The van der Waals surface area contributed by atoms with E-state index in [0.29, 0.717) is 42.3 Å². The average molecular weight is 371 g/mol. The predicted molar refractivity (Wildman–Crippen MR) is 97.6 cm³/mol. The lowest BCUT2D eigenvalue weighted by Crippen LogP contribution is -2.25. The molecular formula is C20H19F2N3O2. The van der Waals surface area contributed by atoms with E-state index >= 15 is 0 Å². The Balaban J connectivity index is 1.46. The minimum atomic E-state index is -0.315. The number of amides is 1. The Bertz CT molecular complexity index is 923. The summed E-state index contributed by atoms with van der Waals surface area (Å²) >= 11 is 0. The number of aromatic nitrogens is 2. The van der Waals surface area contributed by atoms with Gasteiger partial charge < -0.3 is 10.1 Å². The highest BCUT2D eigenvalue weighted by Crippen LogP contribution is 2.20. The van der Waals surface area contributed by atoms with Crippen LogP contribution in [0.5, 0.6) is 5.75 Å². The van der Waals surface area contributed by atoms with Crippen molar-refractivity contribution in [3.05, 3.63) is 71.4 Å². The first-order valence-electron chi connectivity index (χ1n) is 8.51. The number of benzene rings is 2. The lowest BCUT2D eigenvalue weighted by molar-refractivity contribution is 0.0946. The van der Waals surface area contributed by atoms with Crippen LogP contribution in [0.15, 0.2) is 48.5 Å². The van der Waals surface area contributed by atoms with Crippen LogP contribution < -0.4 is 10.1 Å². The topological polar surface area (TPSA) is 67.0 Å². The fourth-order valence-corrected chi connectivity index (χ4v) is 2.48. The molecule has 0 atom stereocenters. The summed E-state index contributed by atoms with van der Waals surface area (Å²) < 4.78 is 31.6. The van der Waals surface area contributed by atoms with Gasteiger partial charge in [0.05, 0.1) is 12.3 Å². The number of H-pyrrole nitrogens is 1. The quantitative estimate of drug-likeness (QED) is 0.620. The summed E-state index contributed by atoms with van der Waals surface area (Å²) in [5.74, 6) is -0.302. The summed E-state index contributed by atoms with van der Waals surface area (Å²) in [5.41, 5.74) is 2.15. The molecule has 2 aromatic carbocycles. The van der Waals surface area contributed by atoms with Crippen molar-refractivity contribution in [1.29, 1.82) is 0 Å². The summed E-state index contributed by atoms with van der Waals surface area (Å²) in [6.45, 7) is 2.49. The molecule has 0 fully saturated rings. The first-order chi connectivity index (χ1) is 13.0. The van der Waals surface area contributed by atoms with Crippen molar-refractivity contribution < 1.29 is 18.3 Å².